The van der Waals surface area contributed by atoms with Crippen molar-refractivity contribution in [3.8, 4) is 0 Å². The van der Waals surface area contributed by atoms with E-state index in [1.807, 2.05) is 30.3 Å². The molecular formula is C18H19F2N3. The molecule has 120 valence electrons. The van der Waals surface area contributed by atoms with Crippen molar-refractivity contribution in [2.75, 3.05) is 6.54 Å². The highest BCUT2D eigenvalue weighted by Crippen LogP contribution is 2.42. The van der Waals surface area contributed by atoms with E-state index in [9.17, 15) is 8.78 Å². The molecule has 2 aromatic rings. The molecule has 0 aliphatic heterocycles. The number of benzene rings is 2. The number of rotatable bonds is 5. The van der Waals surface area contributed by atoms with Gasteiger partial charge in [-0.25, -0.2) is 8.78 Å². The normalized spacial score (nSPS) is 20.3. The maximum atomic E-state index is 13.7. The molecule has 5 heteroatoms. The topological polar surface area (TPSA) is 50.4 Å². The summed E-state index contributed by atoms with van der Waals surface area (Å²) in [6.45, 7) is 0.578. The van der Waals surface area contributed by atoms with E-state index in [4.69, 9.17) is 5.73 Å². The highest BCUT2D eigenvalue weighted by molar-refractivity contribution is 5.78. The summed E-state index contributed by atoms with van der Waals surface area (Å²) in [6.07, 6.45) is 1.46. The van der Waals surface area contributed by atoms with E-state index >= 15 is 0 Å². The van der Waals surface area contributed by atoms with Crippen molar-refractivity contribution in [2.24, 2.45) is 10.7 Å². The molecule has 2 unspecified atom stereocenters. The van der Waals surface area contributed by atoms with Gasteiger partial charge in [0, 0.05) is 24.1 Å². The third-order valence-electron chi connectivity index (χ3n) is 4.02. The quantitative estimate of drug-likeness (QED) is 0.658. The molecule has 2 atom stereocenters. The molecule has 0 heterocycles. The highest BCUT2D eigenvalue weighted by atomic mass is 19.1. The first-order chi connectivity index (χ1) is 11.1. The third-order valence-corrected chi connectivity index (χ3v) is 4.02. The molecule has 3 N–H and O–H groups in total. The molecule has 1 aliphatic rings. The van der Waals surface area contributed by atoms with Crippen molar-refractivity contribution in [2.45, 2.75) is 24.8 Å². The lowest BCUT2D eigenvalue weighted by Gasteiger charge is -2.07. The van der Waals surface area contributed by atoms with E-state index in [2.05, 4.69) is 10.3 Å². The van der Waals surface area contributed by atoms with Crippen LogP contribution in [-0.4, -0.2) is 18.5 Å². The fraction of sp³-hybridized carbons (Fsp3) is 0.278. The zero-order chi connectivity index (χ0) is 16.2. The van der Waals surface area contributed by atoms with Gasteiger partial charge in [0.15, 0.2) is 5.96 Å². The Balaban J connectivity index is 1.52. The van der Waals surface area contributed by atoms with Gasteiger partial charge in [-0.2, -0.15) is 0 Å². The number of nitrogens with one attached hydrogen (secondary N) is 1. The maximum absolute atomic E-state index is 13.7. The number of aliphatic imine (C=N–C) groups is 1. The molecule has 0 aromatic heterocycles. The van der Waals surface area contributed by atoms with Crippen LogP contribution in [0.3, 0.4) is 0 Å². The van der Waals surface area contributed by atoms with E-state index in [0.717, 1.165) is 6.42 Å². The summed E-state index contributed by atoms with van der Waals surface area (Å²) in [5, 5.41) is 3.04. The van der Waals surface area contributed by atoms with Crippen LogP contribution in [0.25, 0.3) is 0 Å². The van der Waals surface area contributed by atoms with Gasteiger partial charge >= 0.3 is 0 Å². The van der Waals surface area contributed by atoms with Crippen LogP contribution in [0.5, 0.6) is 0 Å². The molecule has 1 saturated carbocycles. The predicted molar refractivity (Wildman–Crippen MR) is 87.3 cm³/mol. The predicted octanol–water partition coefficient (Wildman–Crippen LogP) is 2.97. The molecule has 3 rings (SSSR count). The summed E-state index contributed by atoms with van der Waals surface area (Å²) in [4.78, 5) is 4.27. The van der Waals surface area contributed by atoms with Crippen LogP contribution < -0.4 is 11.1 Å². The van der Waals surface area contributed by atoms with Gasteiger partial charge in [0.05, 0.1) is 0 Å². The van der Waals surface area contributed by atoms with E-state index < -0.39 is 11.6 Å². The summed E-state index contributed by atoms with van der Waals surface area (Å²) in [5.74, 6) is -0.859. The van der Waals surface area contributed by atoms with E-state index in [1.54, 1.807) is 0 Å². The van der Waals surface area contributed by atoms with Crippen molar-refractivity contribution < 1.29 is 8.78 Å². The molecular weight excluding hydrogens is 296 g/mol. The second-order valence-electron chi connectivity index (χ2n) is 5.73. The van der Waals surface area contributed by atoms with Gasteiger partial charge in [0.1, 0.15) is 11.6 Å². The maximum Gasteiger partial charge on any atom is 0.188 e. The Labute approximate surface area is 134 Å². The fourth-order valence-electron chi connectivity index (χ4n) is 2.72. The van der Waals surface area contributed by atoms with Crippen LogP contribution in [0.2, 0.25) is 0 Å². The Morgan fingerprint density at radius 2 is 1.78 bits per heavy atom. The van der Waals surface area contributed by atoms with Gasteiger partial charge in [-0.15, -0.1) is 0 Å². The monoisotopic (exact) mass is 315 g/mol. The summed E-state index contributed by atoms with van der Waals surface area (Å²) in [5.41, 5.74) is 7.18. The average molecular weight is 315 g/mol. The fourth-order valence-corrected chi connectivity index (χ4v) is 2.72. The summed E-state index contributed by atoms with van der Waals surface area (Å²) in [7, 11) is 0. The van der Waals surface area contributed by atoms with Gasteiger partial charge in [-0.3, -0.25) is 4.99 Å². The van der Waals surface area contributed by atoms with Crippen LogP contribution in [-0.2, 0) is 6.42 Å². The Morgan fingerprint density at radius 3 is 2.48 bits per heavy atom. The van der Waals surface area contributed by atoms with E-state index in [0.29, 0.717) is 18.9 Å². The molecule has 2 aromatic carbocycles. The first-order valence-electron chi connectivity index (χ1n) is 7.69. The summed E-state index contributed by atoms with van der Waals surface area (Å²) in [6, 6.07) is 13.9. The van der Waals surface area contributed by atoms with Gasteiger partial charge in [-0.1, -0.05) is 36.4 Å². The third kappa shape index (κ3) is 3.86. The largest absolute Gasteiger partial charge is 0.370 e. The van der Waals surface area contributed by atoms with Crippen molar-refractivity contribution >= 4 is 5.96 Å². The van der Waals surface area contributed by atoms with Crippen molar-refractivity contribution in [1.29, 1.82) is 0 Å². The van der Waals surface area contributed by atoms with E-state index in [-0.39, 0.29) is 17.5 Å². The van der Waals surface area contributed by atoms with Gasteiger partial charge < -0.3 is 11.1 Å². The van der Waals surface area contributed by atoms with Crippen LogP contribution in [0.4, 0.5) is 8.78 Å². The lowest BCUT2D eigenvalue weighted by Crippen LogP contribution is -2.34. The molecule has 0 amide bonds. The zero-order valence-corrected chi connectivity index (χ0v) is 12.7. The van der Waals surface area contributed by atoms with Crippen LogP contribution in [0.15, 0.2) is 53.5 Å². The Bertz CT molecular complexity index is 680. The van der Waals surface area contributed by atoms with Crippen LogP contribution in [0.1, 0.15) is 23.5 Å². The summed E-state index contributed by atoms with van der Waals surface area (Å²) >= 11 is 0. The second-order valence-corrected chi connectivity index (χ2v) is 5.73. The SMILES string of the molecule is NC(=NCCc1ccccc1)NC1CC1c1c(F)cccc1F. The van der Waals surface area contributed by atoms with Crippen molar-refractivity contribution in [3.05, 3.63) is 71.3 Å². The number of nitrogens with two attached hydrogens (primary N) is 1. The minimum absolute atomic E-state index is 0.0538. The Hall–Kier alpha value is -2.43. The first-order valence-corrected chi connectivity index (χ1v) is 7.69. The van der Waals surface area contributed by atoms with Gasteiger partial charge in [0.25, 0.3) is 0 Å². The minimum atomic E-state index is -0.501. The molecule has 0 saturated heterocycles. The number of guanidine groups is 1. The van der Waals surface area contributed by atoms with Crippen LogP contribution in [0, 0.1) is 11.6 Å². The second kappa shape index (κ2) is 6.77. The highest BCUT2D eigenvalue weighted by Gasteiger charge is 2.42. The lowest BCUT2D eigenvalue weighted by molar-refractivity contribution is 0.554. The number of halogens is 2. The molecule has 1 fully saturated rings. The smallest absolute Gasteiger partial charge is 0.188 e. The molecule has 0 radical (unpaired) electrons. The number of nitrogens with zero attached hydrogens (tertiary/aromatic N) is 1. The first kappa shape index (κ1) is 15.5. The molecule has 0 spiro atoms. The van der Waals surface area contributed by atoms with E-state index in [1.165, 1.54) is 23.8 Å². The van der Waals surface area contributed by atoms with Crippen LogP contribution >= 0.6 is 0 Å². The molecule has 3 nitrogen and oxygen atoms in total. The standard InChI is InChI=1S/C18H19F2N3/c19-14-7-4-8-15(20)17(14)13-11-16(13)23-18(21)22-10-9-12-5-2-1-3-6-12/h1-8,13,16H,9-11H2,(H3,21,22,23). The molecule has 1 aliphatic carbocycles. The zero-order valence-electron chi connectivity index (χ0n) is 12.7. The van der Waals surface area contributed by atoms with Crippen molar-refractivity contribution in [1.82, 2.24) is 5.32 Å². The lowest BCUT2D eigenvalue weighted by atomic mass is 10.1. The number of hydrogen-bond donors (Lipinski definition) is 2. The van der Waals surface area contributed by atoms with Crippen molar-refractivity contribution in [3.63, 3.8) is 0 Å². The Kier molecular flexibility index (Phi) is 4.55. The average Bonchev–Trinajstić information content (AvgIpc) is 3.27. The Morgan fingerprint density at radius 1 is 1.09 bits per heavy atom. The molecule has 23 heavy (non-hydrogen) atoms. The van der Waals surface area contributed by atoms with Gasteiger partial charge in [-0.05, 0) is 30.5 Å². The number of hydrogen-bond acceptors (Lipinski definition) is 1. The van der Waals surface area contributed by atoms with Gasteiger partial charge in [0.2, 0.25) is 0 Å². The summed E-state index contributed by atoms with van der Waals surface area (Å²) < 4.78 is 27.4. The molecule has 0 bridgehead atoms. The minimum Gasteiger partial charge on any atom is -0.370 e.